The van der Waals surface area contributed by atoms with Crippen LogP contribution in [0.2, 0.25) is 0 Å². The van der Waals surface area contributed by atoms with Gasteiger partial charge in [0.1, 0.15) is 11.4 Å². The number of aromatic hydroxyl groups is 1. The van der Waals surface area contributed by atoms with Gasteiger partial charge in [0.25, 0.3) is 5.56 Å². The predicted octanol–water partition coefficient (Wildman–Crippen LogP) is 0.972. The first-order valence-corrected chi connectivity index (χ1v) is 8.58. The molecule has 4 rings (SSSR count). The fraction of sp³-hybridized carbons (Fsp3) is 0.100. The third-order valence-corrected chi connectivity index (χ3v) is 4.87. The highest BCUT2D eigenvalue weighted by Gasteiger charge is 2.57. The molecule has 0 saturated heterocycles. The van der Waals surface area contributed by atoms with Gasteiger partial charge >= 0.3 is 5.69 Å². The lowest BCUT2D eigenvalue weighted by Gasteiger charge is -2.27. The highest BCUT2D eigenvalue weighted by molar-refractivity contribution is 6.33. The van der Waals surface area contributed by atoms with Crippen molar-refractivity contribution >= 4 is 11.6 Å². The second-order valence-corrected chi connectivity index (χ2v) is 6.57. The number of H-pyrrole nitrogens is 2. The van der Waals surface area contributed by atoms with E-state index >= 15 is 0 Å². The van der Waals surface area contributed by atoms with Gasteiger partial charge in [-0.3, -0.25) is 29.7 Å². The number of carbonyl (C=O) groups is 2. The van der Waals surface area contributed by atoms with Crippen molar-refractivity contribution in [1.29, 1.82) is 0 Å². The van der Waals surface area contributed by atoms with Gasteiger partial charge in [-0.05, 0) is 17.7 Å². The molecular weight excluding hydrogens is 381 g/mol. The monoisotopic (exact) mass is 395 g/mol. The highest BCUT2D eigenvalue weighted by atomic mass is 19.1. The zero-order chi connectivity index (χ0) is 20.8. The molecule has 0 fully saturated rings. The average Bonchev–Trinajstić information content (AvgIpc) is 2.90. The number of hydrogen-bond acceptors (Lipinski definition) is 6. The second kappa shape index (κ2) is 6.64. The molecule has 8 nitrogen and oxygen atoms in total. The van der Waals surface area contributed by atoms with Crippen molar-refractivity contribution in [2.24, 2.45) is 0 Å². The van der Waals surface area contributed by atoms with E-state index < -0.39 is 45.6 Å². The van der Waals surface area contributed by atoms with Crippen LogP contribution in [0.4, 0.5) is 4.39 Å². The van der Waals surface area contributed by atoms with Gasteiger partial charge in [-0.15, -0.1) is 0 Å². The van der Waals surface area contributed by atoms with Gasteiger partial charge in [-0.2, -0.15) is 0 Å². The number of aromatic amines is 2. The molecule has 0 atom stereocenters. The number of aromatic nitrogens is 2. The first-order chi connectivity index (χ1) is 13.8. The quantitative estimate of drug-likeness (QED) is 0.487. The molecule has 0 saturated carbocycles. The maximum absolute atomic E-state index is 13.3. The first kappa shape index (κ1) is 18.5. The molecule has 0 spiro atoms. The number of ketones is 2. The fourth-order valence-corrected chi connectivity index (χ4v) is 3.52. The predicted molar refractivity (Wildman–Crippen MR) is 99.4 cm³/mol. The summed E-state index contributed by atoms with van der Waals surface area (Å²) in [5.74, 6) is -2.83. The van der Waals surface area contributed by atoms with Crippen molar-refractivity contribution in [2.75, 3.05) is 0 Å². The molecule has 4 N–H and O–H groups in total. The molecular formula is C20H14FN3O5. The molecule has 1 heterocycles. The molecule has 0 bridgehead atoms. The molecule has 9 heteroatoms. The number of hydrogen-bond donors (Lipinski definition) is 4. The minimum Gasteiger partial charge on any atom is -0.494 e. The molecule has 1 aliphatic carbocycles. The number of rotatable bonds is 4. The summed E-state index contributed by atoms with van der Waals surface area (Å²) in [6.45, 7) is -0.0935. The molecule has 1 aromatic heterocycles. The fourth-order valence-electron chi connectivity index (χ4n) is 3.52. The normalized spacial score (nSPS) is 14.8. The molecule has 0 radical (unpaired) electrons. The number of benzene rings is 2. The number of fused-ring (bicyclic) bond motifs is 1. The van der Waals surface area contributed by atoms with Crippen molar-refractivity contribution in [3.8, 4) is 5.88 Å². The Labute approximate surface area is 162 Å². The van der Waals surface area contributed by atoms with E-state index in [9.17, 15) is 28.7 Å². The van der Waals surface area contributed by atoms with Gasteiger partial charge in [0.15, 0.2) is 17.1 Å². The Hall–Kier alpha value is -3.85. The lowest BCUT2D eigenvalue weighted by atomic mass is 9.85. The van der Waals surface area contributed by atoms with Crippen LogP contribution in [0.15, 0.2) is 58.1 Å². The summed E-state index contributed by atoms with van der Waals surface area (Å²) in [5.41, 5.74) is -4.23. The van der Waals surface area contributed by atoms with Gasteiger partial charge in [-0.1, -0.05) is 36.4 Å². The van der Waals surface area contributed by atoms with Gasteiger partial charge in [-0.25, -0.2) is 9.18 Å². The molecule has 0 unspecified atom stereocenters. The third-order valence-electron chi connectivity index (χ3n) is 4.87. The molecule has 0 aliphatic heterocycles. The number of carbonyl (C=O) groups excluding carboxylic acids is 2. The maximum atomic E-state index is 13.3. The summed E-state index contributed by atoms with van der Waals surface area (Å²) in [7, 11) is 0. The molecule has 146 valence electrons. The summed E-state index contributed by atoms with van der Waals surface area (Å²) in [6, 6.07) is 11.3. The Bertz CT molecular complexity index is 1230. The van der Waals surface area contributed by atoms with Gasteiger partial charge in [0, 0.05) is 17.7 Å². The van der Waals surface area contributed by atoms with Crippen LogP contribution in [0.3, 0.4) is 0 Å². The zero-order valence-corrected chi connectivity index (χ0v) is 14.8. The van der Waals surface area contributed by atoms with Crippen LogP contribution in [-0.2, 0) is 12.1 Å². The SMILES string of the molecule is O=C1c2ccccc2C(=O)C1(NCc1ccc(F)cc1)c1c(O)[nH]c(=O)[nH]c1=O. The molecule has 1 aliphatic rings. The van der Waals surface area contributed by atoms with Crippen molar-refractivity contribution < 1.29 is 19.1 Å². The molecule has 3 aromatic rings. The van der Waals surface area contributed by atoms with E-state index in [0.717, 1.165) is 0 Å². The topological polar surface area (TPSA) is 132 Å². The molecule has 2 aromatic carbocycles. The summed E-state index contributed by atoms with van der Waals surface area (Å²) in [6.07, 6.45) is 0. The van der Waals surface area contributed by atoms with Crippen LogP contribution in [0.1, 0.15) is 31.8 Å². The third kappa shape index (κ3) is 2.79. The number of Topliss-reactive ketones (excluding diaryl/α,β-unsaturated/α-hetero) is 2. The maximum Gasteiger partial charge on any atom is 0.328 e. The number of halogens is 1. The summed E-state index contributed by atoms with van der Waals surface area (Å²) in [5, 5.41) is 13.0. The first-order valence-electron chi connectivity index (χ1n) is 8.58. The van der Waals surface area contributed by atoms with E-state index in [1.807, 2.05) is 9.97 Å². The van der Waals surface area contributed by atoms with E-state index in [-0.39, 0.29) is 17.7 Å². The van der Waals surface area contributed by atoms with Crippen LogP contribution in [0.25, 0.3) is 0 Å². The summed E-state index contributed by atoms with van der Waals surface area (Å²) in [4.78, 5) is 54.5. The Morgan fingerprint density at radius 2 is 1.48 bits per heavy atom. The van der Waals surface area contributed by atoms with Crippen molar-refractivity contribution in [2.45, 2.75) is 12.1 Å². The Morgan fingerprint density at radius 1 is 0.897 bits per heavy atom. The average molecular weight is 395 g/mol. The lowest BCUT2D eigenvalue weighted by Crippen LogP contribution is -2.54. The van der Waals surface area contributed by atoms with E-state index in [1.54, 1.807) is 12.1 Å². The smallest absolute Gasteiger partial charge is 0.328 e. The van der Waals surface area contributed by atoms with Crippen LogP contribution in [-0.4, -0.2) is 26.6 Å². The van der Waals surface area contributed by atoms with Crippen molar-refractivity contribution in [3.63, 3.8) is 0 Å². The van der Waals surface area contributed by atoms with Crippen LogP contribution < -0.4 is 16.6 Å². The Morgan fingerprint density at radius 3 is 2.03 bits per heavy atom. The second-order valence-electron chi connectivity index (χ2n) is 6.57. The van der Waals surface area contributed by atoms with Gasteiger partial charge in [0.2, 0.25) is 5.88 Å². The van der Waals surface area contributed by atoms with Crippen molar-refractivity contribution in [1.82, 2.24) is 15.3 Å². The van der Waals surface area contributed by atoms with E-state index in [1.165, 1.54) is 36.4 Å². The minimum atomic E-state index is -2.25. The van der Waals surface area contributed by atoms with Gasteiger partial charge in [0.05, 0.1) is 0 Å². The standard InChI is InChI=1S/C20H14FN3O5/c21-11-7-5-10(6-8-11)9-22-20(14-17(27)23-19(29)24-18(14)28)15(25)12-3-1-2-4-13(12)16(20)26/h1-8,22H,9H2,(H3,23,24,27,28,29). The molecule has 29 heavy (non-hydrogen) atoms. The summed E-state index contributed by atoms with van der Waals surface area (Å²) < 4.78 is 13.2. The largest absolute Gasteiger partial charge is 0.494 e. The minimum absolute atomic E-state index is 0.0779. The van der Waals surface area contributed by atoms with Crippen molar-refractivity contribution in [3.05, 3.63) is 97.4 Å². The van der Waals surface area contributed by atoms with E-state index in [4.69, 9.17) is 0 Å². The number of nitrogens with one attached hydrogen (secondary N) is 3. The van der Waals surface area contributed by atoms with Gasteiger partial charge < -0.3 is 5.11 Å². The highest BCUT2D eigenvalue weighted by Crippen LogP contribution is 2.39. The Kier molecular flexibility index (Phi) is 4.24. The summed E-state index contributed by atoms with van der Waals surface area (Å²) >= 11 is 0. The van der Waals surface area contributed by atoms with Crippen LogP contribution in [0, 0.1) is 5.82 Å². The Balaban J connectivity index is 1.91. The van der Waals surface area contributed by atoms with E-state index in [2.05, 4.69) is 5.32 Å². The van der Waals surface area contributed by atoms with Crippen LogP contribution in [0.5, 0.6) is 5.88 Å². The van der Waals surface area contributed by atoms with E-state index in [0.29, 0.717) is 5.56 Å². The van der Waals surface area contributed by atoms with Crippen LogP contribution >= 0.6 is 0 Å². The zero-order valence-electron chi connectivity index (χ0n) is 14.8. The molecule has 0 amide bonds. The lowest BCUT2D eigenvalue weighted by molar-refractivity contribution is 0.0745.